The van der Waals surface area contributed by atoms with Gasteiger partial charge in [-0.05, 0) is 11.1 Å². The molecule has 76 valence electrons. The summed E-state index contributed by atoms with van der Waals surface area (Å²) in [6.45, 7) is 0. The fourth-order valence-electron chi connectivity index (χ4n) is 1.90. The van der Waals surface area contributed by atoms with Crippen LogP contribution in [0.5, 0.6) is 0 Å². The van der Waals surface area contributed by atoms with Gasteiger partial charge in [0.2, 0.25) is 0 Å². The van der Waals surface area contributed by atoms with Crippen LogP contribution in [-0.4, -0.2) is 21.0 Å². The van der Waals surface area contributed by atoms with Crippen molar-refractivity contribution >= 4 is 34.5 Å². The first kappa shape index (κ1) is 9.43. The standard InChI is InChI=1S/C12H11NS2/c14-11-6-12-13(11)7-10(8-15-12)9-4-2-1-3-5-9/h1-5,7,12H,6,8H2/t12-/m1/s1. The maximum atomic E-state index is 5.25. The molecule has 1 saturated heterocycles. The summed E-state index contributed by atoms with van der Waals surface area (Å²) < 4.78 is 0. The molecule has 2 aliphatic rings. The molecule has 0 bridgehead atoms. The van der Waals surface area contributed by atoms with Gasteiger partial charge in [0.25, 0.3) is 0 Å². The molecule has 2 aliphatic heterocycles. The van der Waals surface area contributed by atoms with E-state index in [4.69, 9.17) is 12.2 Å². The van der Waals surface area contributed by atoms with Crippen molar-refractivity contribution in [1.29, 1.82) is 0 Å². The number of thiocarbonyl (C=S) groups is 1. The van der Waals surface area contributed by atoms with Gasteiger partial charge in [-0.15, -0.1) is 11.8 Å². The SMILES string of the molecule is S=C1C[C@H]2SCC(c3ccccc3)=CN12. The summed E-state index contributed by atoms with van der Waals surface area (Å²) in [5.41, 5.74) is 2.71. The van der Waals surface area contributed by atoms with Crippen LogP contribution in [0.15, 0.2) is 36.5 Å². The van der Waals surface area contributed by atoms with Gasteiger partial charge in [0.1, 0.15) is 0 Å². The van der Waals surface area contributed by atoms with E-state index in [9.17, 15) is 0 Å². The first-order chi connectivity index (χ1) is 7.34. The molecular weight excluding hydrogens is 222 g/mol. The van der Waals surface area contributed by atoms with Crippen LogP contribution < -0.4 is 0 Å². The largest absolute Gasteiger partial charge is 0.329 e. The summed E-state index contributed by atoms with van der Waals surface area (Å²) in [4.78, 5) is 3.31. The Morgan fingerprint density at radius 3 is 2.80 bits per heavy atom. The number of benzene rings is 1. The van der Waals surface area contributed by atoms with Crippen molar-refractivity contribution < 1.29 is 0 Å². The molecular formula is C12H11NS2. The van der Waals surface area contributed by atoms with Crippen molar-refractivity contribution in [1.82, 2.24) is 4.90 Å². The van der Waals surface area contributed by atoms with Gasteiger partial charge in [0.15, 0.2) is 0 Å². The smallest absolute Gasteiger partial charge is 0.0864 e. The lowest BCUT2D eigenvalue weighted by atomic mass is 10.1. The lowest BCUT2D eigenvalue weighted by molar-refractivity contribution is 0.447. The average molecular weight is 233 g/mol. The van der Waals surface area contributed by atoms with Gasteiger partial charge in [-0.25, -0.2) is 0 Å². The van der Waals surface area contributed by atoms with E-state index in [0.717, 1.165) is 17.2 Å². The molecule has 0 spiro atoms. The third kappa shape index (κ3) is 1.60. The predicted molar refractivity (Wildman–Crippen MR) is 69.7 cm³/mol. The van der Waals surface area contributed by atoms with E-state index in [0.29, 0.717) is 5.37 Å². The highest BCUT2D eigenvalue weighted by molar-refractivity contribution is 8.00. The van der Waals surface area contributed by atoms with Crippen molar-refractivity contribution in [3.8, 4) is 0 Å². The molecule has 1 fully saturated rings. The molecule has 1 atom stereocenters. The zero-order valence-corrected chi connectivity index (χ0v) is 9.85. The molecule has 15 heavy (non-hydrogen) atoms. The lowest BCUT2D eigenvalue weighted by Gasteiger charge is -2.43. The topological polar surface area (TPSA) is 3.24 Å². The fourth-order valence-corrected chi connectivity index (χ4v) is 3.64. The number of rotatable bonds is 1. The van der Waals surface area contributed by atoms with Crippen LogP contribution >= 0.6 is 24.0 Å². The van der Waals surface area contributed by atoms with Gasteiger partial charge >= 0.3 is 0 Å². The van der Waals surface area contributed by atoms with Crippen molar-refractivity contribution in [3.63, 3.8) is 0 Å². The summed E-state index contributed by atoms with van der Waals surface area (Å²) in [5, 5.41) is 0.616. The van der Waals surface area contributed by atoms with E-state index in [-0.39, 0.29) is 0 Å². The highest BCUT2D eigenvalue weighted by atomic mass is 32.2. The van der Waals surface area contributed by atoms with Crippen LogP contribution in [0.1, 0.15) is 12.0 Å². The fraction of sp³-hybridized carbons (Fsp3) is 0.250. The zero-order chi connectivity index (χ0) is 10.3. The summed E-state index contributed by atoms with van der Waals surface area (Å²) in [6.07, 6.45) is 3.31. The van der Waals surface area contributed by atoms with Crippen LogP contribution in [0.2, 0.25) is 0 Å². The normalized spacial score (nSPS) is 24.3. The van der Waals surface area contributed by atoms with Crippen molar-refractivity contribution in [2.75, 3.05) is 5.75 Å². The second kappa shape index (κ2) is 3.65. The predicted octanol–water partition coefficient (Wildman–Crippen LogP) is 3.13. The number of thioether (sulfide) groups is 1. The Kier molecular flexibility index (Phi) is 2.29. The Bertz CT molecular complexity index is 425. The first-order valence-electron chi connectivity index (χ1n) is 5.03. The van der Waals surface area contributed by atoms with Crippen molar-refractivity contribution in [3.05, 3.63) is 42.1 Å². The summed E-state index contributed by atoms with van der Waals surface area (Å²) >= 11 is 7.24. The van der Waals surface area contributed by atoms with Crippen LogP contribution in [-0.2, 0) is 0 Å². The van der Waals surface area contributed by atoms with Crippen LogP contribution in [0.25, 0.3) is 5.57 Å². The molecule has 0 radical (unpaired) electrons. The minimum atomic E-state index is 0.616. The molecule has 3 rings (SSSR count). The molecule has 0 N–H and O–H groups in total. The van der Waals surface area contributed by atoms with Crippen LogP contribution in [0, 0.1) is 0 Å². The van der Waals surface area contributed by atoms with Crippen molar-refractivity contribution in [2.45, 2.75) is 11.8 Å². The Hall–Kier alpha value is -0.800. The first-order valence-corrected chi connectivity index (χ1v) is 6.49. The second-order valence-electron chi connectivity index (χ2n) is 3.79. The molecule has 0 unspecified atom stereocenters. The Balaban J connectivity index is 1.91. The van der Waals surface area contributed by atoms with E-state index in [2.05, 4.69) is 41.4 Å². The third-order valence-corrected chi connectivity index (χ3v) is 4.45. The maximum absolute atomic E-state index is 5.25. The summed E-state index contributed by atoms with van der Waals surface area (Å²) in [6, 6.07) is 10.5. The van der Waals surface area contributed by atoms with Gasteiger partial charge < -0.3 is 4.90 Å². The quantitative estimate of drug-likeness (QED) is 0.686. The summed E-state index contributed by atoms with van der Waals surface area (Å²) in [5.74, 6) is 1.10. The molecule has 2 heterocycles. The lowest BCUT2D eigenvalue weighted by Crippen LogP contribution is -2.47. The second-order valence-corrected chi connectivity index (χ2v) is 5.43. The Morgan fingerprint density at radius 1 is 1.27 bits per heavy atom. The highest BCUT2D eigenvalue weighted by Gasteiger charge is 2.34. The molecule has 1 nitrogen and oxygen atoms in total. The van der Waals surface area contributed by atoms with E-state index in [1.165, 1.54) is 11.1 Å². The van der Waals surface area contributed by atoms with Gasteiger partial charge in [-0.2, -0.15) is 0 Å². The molecule has 1 aromatic rings. The van der Waals surface area contributed by atoms with Crippen LogP contribution in [0.4, 0.5) is 0 Å². The van der Waals surface area contributed by atoms with Gasteiger partial charge in [-0.1, -0.05) is 42.5 Å². The van der Waals surface area contributed by atoms with Gasteiger partial charge in [-0.3, -0.25) is 0 Å². The van der Waals surface area contributed by atoms with Gasteiger partial charge in [0.05, 0.1) is 10.4 Å². The molecule has 0 aliphatic carbocycles. The number of fused-ring (bicyclic) bond motifs is 1. The van der Waals surface area contributed by atoms with Gasteiger partial charge in [0, 0.05) is 18.4 Å². The minimum Gasteiger partial charge on any atom is -0.329 e. The average Bonchev–Trinajstić information content (AvgIpc) is 2.29. The zero-order valence-electron chi connectivity index (χ0n) is 8.22. The molecule has 0 amide bonds. The van der Waals surface area contributed by atoms with E-state index in [1.54, 1.807) is 0 Å². The molecule has 1 aromatic carbocycles. The highest BCUT2D eigenvalue weighted by Crippen LogP contribution is 2.38. The van der Waals surface area contributed by atoms with Crippen LogP contribution in [0.3, 0.4) is 0 Å². The monoisotopic (exact) mass is 233 g/mol. The number of hydrogen-bond acceptors (Lipinski definition) is 2. The molecule has 3 heteroatoms. The van der Waals surface area contributed by atoms with E-state index >= 15 is 0 Å². The Morgan fingerprint density at radius 2 is 2.07 bits per heavy atom. The van der Waals surface area contributed by atoms with E-state index in [1.807, 2.05) is 11.8 Å². The van der Waals surface area contributed by atoms with Crippen molar-refractivity contribution in [2.24, 2.45) is 0 Å². The number of hydrogen-bond donors (Lipinski definition) is 0. The third-order valence-electron chi connectivity index (χ3n) is 2.82. The summed E-state index contributed by atoms with van der Waals surface area (Å²) in [7, 11) is 0. The minimum absolute atomic E-state index is 0.616. The molecule has 0 aromatic heterocycles. The Labute approximate surface area is 99.2 Å². The number of nitrogens with zero attached hydrogens (tertiary/aromatic N) is 1. The maximum Gasteiger partial charge on any atom is 0.0864 e. The molecule has 0 saturated carbocycles. The van der Waals surface area contributed by atoms with E-state index < -0.39 is 0 Å².